The Kier molecular flexibility index (Phi) is 7.43. The lowest BCUT2D eigenvalue weighted by Crippen LogP contribution is -2.46. The van der Waals surface area contributed by atoms with Gasteiger partial charge in [0.25, 0.3) is 0 Å². The Hall–Kier alpha value is -1.91. The molecule has 1 heterocycles. The van der Waals surface area contributed by atoms with Gasteiger partial charge in [0.2, 0.25) is 15.9 Å². The molecule has 1 aliphatic carbocycles. The summed E-state index contributed by atoms with van der Waals surface area (Å²) in [5.74, 6) is 0.630. The monoisotopic (exact) mass is 445 g/mol. The minimum absolute atomic E-state index is 0.0483. The van der Waals surface area contributed by atoms with Crippen LogP contribution in [0.2, 0.25) is 0 Å². The predicted molar refractivity (Wildman–Crippen MR) is 121 cm³/mol. The third-order valence-electron chi connectivity index (χ3n) is 7.54. The van der Waals surface area contributed by atoms with E-state index in [9.17, 15) is 18.5 Å². The molecule has 0 spiro atoms. The van der Waals surface area contributed by atoms with Gasteiger partial charge in [-0.2, -0.15) is 9.57 Å². The molecule has 1 N–H and O–H groups in total. The summed E-state index contributed by atoms with van der Waals surface area (Å²) in [5.41, 5.74) is 0.515. The number of sulfonamides is 1. The second-order valence-electron chi connectivity index (χ2n) is 9.69. The topological polar surface area (TPSA) is 90.3 Å². The number of piperidine rings is 1. The Balaban J connectivity index is 1.52. The maximum atomic E-state index is 13.0. The number of rotatable bonds is 6. The first kappa shape index (κ1) is 23.7. The van der Waals surface area contributed by atoms with Crippen LogP contribution in [-0.2, 0) is 14.8 Å². The first-order valence-electron chi connectivity index (χ1n) is 11.5. The quantitative estimate of drug-likeness (QED) is 0.715. The Bertz CT molecular complexity index is 920. The third-order valence-corrected chi connectivity index (χ3v) is 9.50. The SMILES string of the molecule is CCC(C)(C)C1CCC(NC(=O)C2CCN(S(=O)(=O)c3ccccc3C#N)CC2)CC1. The number of carbonyl (C=O) groups is 1. The molecule has 0 unspecified atom stereocenters. The van der Waals surface area contributed by atoms with Crippen molar-refractivity contribution in [2.75, 3.05) is 13.1 Å². The van der Waals surface area contributed by atoms with Gasteiger partial charge in [-0.1, -0.05) is 39.3 Å². The van der Waals surface area contributed by atoms with Gasteiger partial charge in [0.15, 0.2) is 0 Å². The van der Waals surface area contributed by atoms with Crippen LogP contribution in [0, 0.1) is 28.6 Å². The molecule has 0 bridgehead atoms. The number of nitrogens with one attached hydrogen (secondary N) is 1. The summed E-state index contributed by atoms with van der Waals surface area (Å²) in [7, 11) is -3.72. The van der Waals surface area contributed by atoms with Crippen molar-refractivity contribution < 1.29 is 13.2 Å². The highest BCUT2D eigenvalue weighted by Gasteiger charge is 2.35. The molecule has 1 aliphatic heterocycles. The van der Waals surface area contributed by atoms with Crippen LogP contribution in [0.1, 0.15) is 71.3 Å². The zero-order valence-electron chi connectivity index (χ0n) is 18.9. The second kappa shape index (κ2) is 9.70. The van der Waals surface area contributed by atoms with Crippen LogP contribution < -0.4 is 5.32 Å². The molecule has 1 saturated heterocycles. The van der Waals surface area contributed by atoms with E-state index in [0.717, 1.165) is 31.6 Å². The summed E-state index contributed by atoms with van der Waals surface area (Å²) in [6.07, 6.45) is 6.56. The number of hydrogen-bond acceptors (Lipinski definition) is 4. The van der Waals surface area contributed by atoms with Crippen LogP contribution in [0.4, 0.5) is 0 Å². The van der Waals surface area contributed by atoms with Crippen LogP contribution >= 0.6 is 0 Å². The van der Waals surface area contributed by atoms with Crippen LogP contribution in [0.5, 0.6) is 0 Å². The summed E-state index contributed by atoms with van der Waals surface area (Å²) in [4.78, 5) is 12.9. The molecule has 31 heavy (non-hydrogen) atoms. The molecule has 7 heteroatoms. The molecule has 0 aromatic heterocycles. The van der Waals surface area contributed by atoms with Crippen molar-refractivity contribution in [2.24, 2.45) is 17.3 Å². The van der Waals surface area contributed by atoms with E-state index in [1.807, 2.05) is 6.07 Å². The first-order valence-corrected chi connectivity index (χ1v) is 12.9. The average Bonchev–Trinajstić information content (AvgIpc) is 2.79. The van der Waals surface area contributed by atoms with Crippen molar-refractivity contribution in [2.45, 2.75) is 76.7 Å². The molecule has 1 saturated carbocycles. The molecule has 0 radical (unpaired) electrons. The zero-order chi connectivity index (χ0) is 22.6. The van der Waals surface area contributed by atoms with E-state index in [1.165, 1.54) is 22.9 Å². The Morgan fingerprint density at radius 3 is 2.32 bits per heavy atom. The van der Waals surface area contributed by atoms with E-state index in [1.54, 1.807) is 12.1 Å². The molecule has 0 atom stereocenters. The standard InChI is InChI=1S/C24H35N3O3S/c1-4-24(2,3)20-9-11-21(12-10-20)26-23(28)18-13-15-27(16-14-18)31(29,30)22-8-6-5-7-19(22)17-25/h5-8,18,20-21H,4,9-16H2,1-3H3,(H,26,28). The summed E-state index contributed by atoms with van der Waals surface area (Å²) < 4.78 is 27.3. The van der Waals surface area contributed by atoms with E-state index in [0.29, 0.717) is 31.3 Å². The highest BCUT2D eigenvalue weighted by molar-refractivity contribution is 7.89. The summed E-state index contributed by atoms with van der Waals surface area (Å²) in [6.45, 7) is 7.54. The van der Waals surface area contributed by atoms with Gasteiger partial charge in [-0.15, -0.1) is 0 Å². The van der Waals surface area contributed by atoms with Crippen molar-refractivity contribution in [1.82, 2.24) is 9.62 Å². The number of nitriles is 1. The van der Waals surface area contributed by atoms with Crippen LogP contribution in [0.3, 0.4) is 0 Å². The molecule has 6 nitrogen and oxygen atoms in total. The summed E-state index contributed by atoms with van der Waals surface area (Å²) >= 11 is 0. The van der Waals surface area contributed by atoms with Crippen LogP contribution in [0.15, 0.2) is 29.2 Å². The number of hydrogen-bond donors (Lipinski definition) is 1. The number of carbonyl (C=O) groups excluding carboxylic acids is 1. The molecule has 170 valence electrons. The molecule has 1 aromatic carbocycles. The zero-order valence-corrected chi connectivity index (χ0v) is 19.7. The second-order valence-corrected chi connectivity index (χ2v) is 11.6. The van der Waals surface area contributed by atoms with Crippen LogP contribution in [-0.4, -0.2) is 37.8 Å². The van der Waals surface area contributed by atoms with Crippen molar-refractivity contribution in [3.8, 4) is 6.07 Å². The van der Waals surface area contributed by atoms with Crippen LogP contribution in [0.25, 0.3) is 0 Å². The fourth-order valence-electron chi connectivity index (χ4n) is 4.91. The van der Waals surface area contributed by atoms with Gasteiger partial charge < -0.3 is 5.32 Å². The van der Waals surface area contributed by atoms with Gasteiger partial charge in [-0.25, -0.2) is 8.42 Å². The minimum Gasteiger partial charge on any atom is -0.353 e. The highest BCUT2D eigenvalue weighted by atomic mass is 32.2. The van der Waals surface area contributed by atoms with E-state index >= 15 is 0 Å². The Morgan fingerprint density at radius 2 is 1.74 bits per heavy atom. The molecule has 2 fully saturated rings. The lowest BCUT2D eigenvalue weighted by atomic mass is 9.69. The summed E-state index contributed by atoms with van der Waals surface area (Å²) in [6, 6.07) is 8.48. The highest BCUT2D eigenvalue weighted by Crippen LogP contribution is 2.40. The van der Waals surface area contributed by atoms with Crippen molar-refractivity contribution in [1.29, 1.82) is 5.26 Å². The normalized spacial score (nSPS) is 23.8. The lowest BCUT2D eigenvalue weighted by Gasteiger charge is -2.39. The van der Waals surface area contributed by atoms with E-state index in [-0.39, 0.29) is 28.3 Å². The first-order chi connectivity index (χ1) is 14.7. The third kappa shape index (κ3) is 5.30. The predicted octanol–water partition coefficient (Wildman–Crippen LogP) is 4.07. The number of nitrogens with zero attached hydrogens (tertiary/aromatic N) is 2. The average molecular weight is 446 g/mol. The fraction of sp³-hybridized carbons (Fsp3) is 0.667. The van der Waals surface area contributed by atoms with E-state index in [4.69, 9.17) is 0 Å². The fourth-order valence-corrected chi connectivity index (χ4v) is 6.52. The molecule has 3 rings (SSSR count). The van der Waals surface area contributed by atoms with Gasteiger partial charge in [0.1, 0.15) is 6.07 Å². The van der Waals surface area contributed by atoms with Gasteiger partial charge in [-0.05, 0) is 62.0 Å². The van der Waals surface area contributed by atoms with Crippen molar-refractivity contribution in [3.63, 3.8) is 0 Å². The smallest absolute Gasteiger partial charge is 0.244 e. The minimum atomic E-state index is -3.72. The van der Waals surface area contributed by atoms with Gasteiger partial charge in [-0.3, -0.25) is 4.79 Å². The molecule has 1 amide bonds. The van der Waals surface area contributed by atoms with E-state index in [2.05, 4.69) is 26.1 Å². The Morgan fingerprint density at radius 1 is 1.13 bits per heavy atom. The molecule has 2 aliphatic rings. The maximum Gasteiger partial charge on any atom is 0.244 e. The van der Waals surface area contributed by atoms with E-state index < -0.39 is 10.0 Å². The lowest BCUT2D eigenvalue weighted by molar-refractivity contribution is -0.127. The number of amides is 1. The van der Waals surface area contributed by atoms with Gasteiger partial charge >= 0.3 is 0 Å². The van der Waals surface area contributed by atoms with Crippen molar-refractivity contribution in [3.05, 3.63) is 29.8 Å². The number of benzene rings is 1. The van der Waals surface area contributed by atoms with Gasteiger partial charge in [0, 0.05) is 25.0 Å². The molecular weight excluding hydrogens is 410 g/mol. The van der Waals surface area contributed by atoms with Gasteiger partial charge in [0.05, 0.1) is 10.5 Å². The molecular formula is C24H35N3O3S. The molecule has 1 aromatic rings. The maximum absolute atomic E-state index is 13.0. The Labute approximate surface area is 187 Å². The summed E-state index contributed by atoms with van der Waals surface area (Å²) in [5, 5.41) is 12.5. The largest absolute Gasteiger partial charge is 0.353 e. The van der Waals surface area contributed by atoms with Crippen molar-refractivity contribution >= 4 is 15.9 Å².